The van der Waals surface area contributed by atoms with Crippen LogP contribution in [0.2, 0.25) is 0 Å². The standard InChI is InChI=1S/C10H15F3N4/c1-6(2)3-15-4-7-5-16-9(14)17-8(7)10(11,12)13/h5-6,15H,3-4H2,1-2H3,(H2,14,16,17). The number of nitrogens with zero attached hydrogens (tertiary/aromatic N) is 2. The largest absolute Gasteiger partial charge is 0.433 e. The summed E-state index contributed by atoms with van der Waals surface area (Å²) in [4.78, 5) is 6.82. The van der Waals surface area contributed by atoms with E-state index in [1.165, 1.54) is 0 Å². The Morgan fingerprint density at radius 1 is 1.41 bits per heavy atom. The molecule has 0 saturated carbocycles. The van der Waals surface area contributed by atoms with E-state index in [0.717, 1.165) is 6.20 Å². The van der Waals surface area contributed by atoms with Gasteiger partial charge in [-0.15, -0.1) is 0 Å². The molecule has 4 nitrogen and oxygen atoms in total. The van der Waals surface area contributed by atoms with Gasteiger partial charge in [-0.05, 0) is 12.5 Å². The summed E-state index contributed by atoms with van der Waals surface area (Å²) in [5.74, 6) is -0.0102. The molecule has 0 amide bonds. The zero-order chi connectivity index (χ0) is 13.1. The molecule has 0 aromatic carbocycles. The van der Waals surface area contributed by atoms with E-state index in [0.29, 0.717) is 12.5 Å². The summed E-state index contributed by atoms with van der Waals surface area (Å²) in [6, 6.07) is 0. The Bertz CT molecular complexity index is 376. The monoisotopic (exact) mass is 248 g/mol. The fourth-order valence-corrected chi connectivity index (χ4v) is 1.29. The molecular formula is C10H15F3N4. The number of rotatable bonds is 4. The zero-order valence-corrected chi connectivity index (χ0v) is 9.67. The molecule has 0 unspecified atom stereocenters. The lowest BCUT2D eigenvalue weighted by atomic mass is 10.2. The van der Waals surface area contributed by atoms with Gasteiger partial charge in [-0.25, -0.2) is 9.97 Å². The molecule has 17 heavy (non-hydrogen) atoms. The Morgan fingerprint density at radius 3 is 2.59 bits per heavy atom. The molecule has 1 heterocycles. The minimum Gasteiger partial charge on any atom is -0.368 e. The number of hydrogen-bond donors (Lipinski definition) is 2. The Labute approximate surface area is 97.4 Å². The smallest absolute Gasteiger partial charge is 0.368 e. The Kier molecular flexibility index (Phi) is 4.28. The maximum absolute atomic E-state index is 12.6. The summed E-state index contributed by atoms with van der Waals surface area (Å²) >= 11 is 0. The molecule has 0 atom stereocenters. The van der Waals surface area contributed by atoms with Crippen LogP contribution >= 0.6 is 0 Å². The van der Waals surface area contributed by atoms with Crippen LogP contribution in [0.25, 0.3) is 0 Å². The second kappa shape index (κ2) is 5.31. The highest BCUT2D eigenvalue weighted by Crippen LogP contribution is 2.30. The molecule has 0 aliphatic carbocycles. The summed E-state index contributed by atoms with van der Waals surface area (Å²) < 4.78 is 37.9. The number of nitrogen functional groups attached to an aromatic ring is 1. The molecule has 1 aromatic heterocycles. The second-order valence-corrected chi connectivity index (χ2v) is 4.12. The first kappa shape index (κ1) is 13.7. The van der Waals surface area contributed by atoms with Crippen LogP contribution in [-0.4, -0.2) is 16.5 Å². The van der Waals surface area contributed by atoms with Gasteiger partial charge in [0.05, 0.1) is 0 Å². The third kappa shape index (κ3) is 4.18. The summed E-state index contributed by atoms with van der Waals surface area (Å²) in [7, 11) is 0. The average Bonchev–Trinajstić information content (AvgIpc) is 2.18. The van der Waals surface area contributed by atoms with E-state index in [9.17, 15) is 13.2 Å². The number of nitrogens with one attached hydrogen (secondary N) is 1. The van der Waals surface area contributed by atoms with E-state index in [2.05, 4.69) is 15.3 Å². The fraction of sp³-hybridized carbons (Fsp3) is 0.600. The molecule has 1 aromatic rings. The van der Waals surface area contributed by atoms with Crippen LogP contribution < -0.4 is 11.1 Å². The van der Waals surface area contributed by atoms with Gasteiger partial charge in [-0.1, -0.05) is 13.8 Å². The van der Waals surface area contributed by atoms with E-state index < -0.39 is 11.9 Å². The van der Waals surface area contributed by atoms with E-state index in [1.807, 2.05) is 13.8 Å². The SMILES string of the molecule is CC(C)CNCc1cnc(N)nc1C(F)(F)F. The van der Waals surface area contributed by atoms with Crippen molar-refractivity contribution in [3.63, 3.8) is 0 Å². The molecule has 0 saturated heterocycles. The van der Waals surface area contributed by atoms with Gasteiger partial charge in [0.15, 0.2) is 5.69 Å². The number of alkyl halides is 3. The van der Waals surface area contributed by atoms with Gasteiger partial charge in [-0.2, -0.15) is 13.2 Å². The molecular weight excluding hydrogens is 233 g/mol. The lowest BCUT2D eigenvalue weighted by Crippen LogP contribution is -2.23. The molecule has 1 rings (SSSR count). The third-order valence-corrected chi connectivity index (χ3v) is 2.02. The average molecular weight is 248 g/mol. The molecule has 0 radical (unpaired) electrons. The van der Waals surface area contributed by atoms with Crippen molar-refractivity contribution >= 4 is 5.95 Å². The van der Waals surface area contributed by atoms with E-state index in [4.69, 9.17) is 5.73 Å². The first-order valence-corrected chi connectivity index (χ1v) is 5.20. The zero-order valence-electron chi connectivity index (χ0n) is 9.67. The normalized spacial score (nSPS) is 12.1. The van der Waals surface area contributed by atoms with Crippen molar-refractivity contribution in [1.82, 2.24) is 15.3 Å². The maximum Gasteiger partial charge on any atom is 0.433 e. The van der Waals surface area contributed by atoms with Crippen molar-refractivity contribution in [1.29, 1.82) is 0 Å². The van der Waals surface area contributed by atoms with Crippen molar-refractivity contribution in [3.8, 4) is 0 Å². The highest BCUT2D eigenvalue weighted by Gasteiger charge is 2.35. The van der Waals surface area contributed by atoms with Gasteiger partial charge in [-0.3, -0.25) is 0 Å². The van der Waals surface area contributed by atoms with Gasteiger partial charge in [0.1, 0.15) is 0 Å². The van der Waals surface area contributed by atoms with Crippen LogP contribution in [0.1, 0.15) is 25.1 Å². The minimum absolute atomic E-state index is 0.00681. The number of anilines is 1. The van der Waals surface area contributed by atoms with Crippen LogP contribution in [0, 0.1) is 5.92 Å². The van der Waals surface area contributed by atoms with Crippen LogP contribution in [0.15, 0.2) is 6.20 Å². The van der Waals surface area contributed by atoms with Crippen LogP contribution in [0.4, 0.5) is 19.1 Å². The van der Waals surface area contributed by atoms with Crippen molar-refractivity contribution in [3.05, 3.63) is 17.5 Å². The maximum atomic E-state index is 12.6. The van der Waals surface area contributed by atoms with Gasteiger partial charge in [0.25, 0.3) is 0 Å². The van der Waals surface area contributed by atoms with Gasteiger partial charge < -0.3 is 11.1 Å². The number of aromatic nitrogens is 2. The Morgan fingerprint density at radius 2 is 2.06 bits per heavy atom. The van der Waals surface area contributed by atoms with Crippen molar-refractivity contribution in [2.45, 2.75) is 26.6 Å². The van der Waals surface area contributed by atoms with Crippen molar-refractivity contribution in [2.75, 3.05) is 12.3 Å². The molecule has 3 N–H and O–H groups in total. The quantitative estimate of drug-likeness (QED) is 0.853. The van der Waals surface area contributed by atoms with E-state index in [-0.39, 0.29) is 18.1 Å². The van der Waals surface area contributed by atoms with E-state index >= 15 is 0 Å². The van der Waals surface area contributed by atoms with Crippen molar-refractivity contribution < 1.29 is 13.2 Å². The molecule has 0 bridgehead atoms. The van der Waals surface area contributed by atoms with Crippen LogP contribution in [0.5, 0.6) is 0 Å². The summed E-state index contributed by atoms with van der Waals surface area (Å²) in [6.07, 6.45) is -3.40. The summed E-state index contributed by atoms with van der Waals surface area (Å²) in [6.45, 7) is 4.64. The predicted octanol–water partition coefficient (Wildman–Crippen LogP) is 1.82. The van der Waals surface area contributed by atoms with Gasteiger partial charge in [0, 0.05) is 18.3 Å². The molecule has 96 valence electrons. The number of hydrogen-bond acceptors (Lipinski definition) is 4. The lowest BCUT2D eigenvalue weighted by molar-refractivity contribution is -0.141. The molecule has 0 aliphatic rings. The highest BCUT2D eigenvalue weighted by atomic mass is 19.4. The van der Waals surface area contributed by atoms with E-state index in [1.54, 1.807) is 0 Å². The summed E-state index contributed by atoms with van der Waals surface area (Å²) in [5.41, 5.74) is 4.19. The summed E-state index contributed by atoms with van der Waals surface area (Å²) in [5, 5.41) is 2.91. The lowest BCUT2D eigenvalue weighted by Gasteiger charge is -2.13. The highest BCUT2D eigenvalue weighted by molar-refractivity contribution is 5.27. The number of nitrogens with two attached hydrogens (primary N) is 1. The Balaban J connectivity index is 2.84. The van der Waals surface area contributed by atoms with Gasteiger partial charge in [0.2, 0.25) is 5.95 Å². The molecule has 0 fully saturated rings. The Hall–Kier alpha value is -1.37. The minimum atomic E-state index is -4.51. The number of halogens is 3. The first-order valence-electron chi connectivity index (χ1n) is 5.20. The topological polar surface area (TPSA) is 63.8 Å². The second-order valence-electron chi connectivity index (χ2n) is 4.12. The predicted molar refractivity (Wildman–Crippen MR) is 58.0 cm³/mol. The molecule has 7 heteroatoms. The van der Waals surface area contributed by atoms with Gasteiger partial charge >= 0.3 is 6.18 Å². The third-order valence-electron chi connectivity index (χ3n) is 2.02. The van der Waals surface area contributed by atoms with Crippen LogP contribution in [0.3, 0.4) is 0 Å². The first-order chi connectivity index (χ1) is 7.80. The molecule has 0 spiro atoms. The molecule has 0 aliphatic heterocycles. The van der Waals surface area contributed by atoms with Crippen LogP contribution in [-0.2, 0) is 12.7 Å². The van der Waals surface area contributed by atoms with Crippen molar-refractivity contribution in [2.24, 2.45) is 5.92 Å². The fourth-order valence-electron chi connectivity index (χ4n) is 1.29.